The molecule has 1 aromatic heterocycles. The summed E-state index contributed by atoms with van der Waals surface area (Å²) in [5.74, 6) is -1.49. The van der Waals surface area contributed by atoms with E-state index in [1.807, 2.05) is 0 Å². The predicted molar refractivity (Wildman–Crippen MR) is 90.5 cm³/mol. The van der Waals surface area contributed by atoms with E-state index in [1.54, 1.807) is 11.7 Å². The molecule has 0 spiro atoms. The molecule has 2 aromatic rings. The van der Waals surface area contributed by atoms with Gasteiger partial charge in [0, 0.05) is 26.8 Å². The van der Waals surface area contributed by atoms with Gasteiger partial charge in [0.05, 0.1) is 11.3 Å². The number of rotatable bonds is 9. The lowest BCUT2D eigenvalue weighted by Gasteiger charge is -2.13. The van der Waals surface area contributed by atoms with Gasteiger partial charge in [-0.2, -0.15) is 13.2 Å². The van der Waals surface area contributed by atoms with E-state index in [2.05, 4.69) is 15.5 Å². The lowest BCUT2D eigenvalue weighted by molar-refractivity contribution is -0.138. The number of aromatic nitrogens is 3. The summed E-state index contributed by atoms with van der Waals surface area (Å²) in [6.45, 7) is 0.840. The van der Waals surface area contributed by atoms with Crippen LogP contribution in [0.4, 0.5) is 17.6 Å². The Morgan fingerprint density at radius 3 is 2.85 bits per heavy atom. The second kappa shape index (κ2) is 9.70. The predicted octanol–water partition coefficient (Wildman–Crippen LogP) is 2.88. The Hall–Kier alpha value is -2.14. The van der Waals surface area contributed by atoms with Crippen LogP contribution < -0.4 is 5.32 Å². The molecule has 6 nitrogen and oxygen atoms in total. The third-order valence-electron chi connectivity index (χ3n) is 3.51. The maximum absolute atomic E-state index is 13.1. The molecular weight excluding hydrogens is 388 g/mol. The Balaban J connectivity index is 1.88. The normalized spacial score (nSPS) is 11.6. The van der Waals surface area contributed by atoms with Crippen molar-refractivity contribution in [2.24, 2.45) is 0 Å². The van der Waals surface area contributed by atoms with Crippen molar-refractivity contribution in [1.82, 2.24) is 20.1 Å². The minimum atomic E-state index is -4.70. The summed E-state index contributed by atoms with van der Waals surface area (Å²) >= 11 is 1.12. The van der Waals surface area contributed by atoms with Crippen molar-refractivity contribution in [3.8, 4) is 0 Å². The van der Waals surface area contributed by atoms with E-state index in [0.29, 0.717) is 24.4 Å². The van der Waals surface area contributed by atoms with Crippen LogP contribution in [0.3, 0.4) is 0 Å². The van der Waals surface area contributed by atoms with Crippen LogP contribution in [0.15, 0.2) is 29.7 Å². The first-order chi connectivity index (χ1) is 12.8. The third-order valence-corrected chi connectivity index (χ3v) is 4.49. The number of halogens is 4. The van der Waals surface area contributed by atoms with E-state index >= 15 is 0 Å². The molecule has 1 aromatic carbocycles. The zero-order chi connectivity index (χ0) is 19.9. The number of amides is 1. The maximum Gasteiger partial charge on any atom is 0.416 e. The van der Waals surface area contributed by atoms with Crippen LogP contribution in [0.5, 0.6) is 0 Å². The number of benzene rings is 1. The molecule has 0 aliphatic rings. The molecule has 2 rings (SSSR count). The molecule has 1 heterocycles. The van der Waals surface area contributed by atoms with Crippen molar-refractivity contribution in [3.63, 3.8) is 0 Å². The molecule has 0 bridgehead atoms. The van der Waals surface area contributed by atoms with E-state index in [1.165, 1.54) is 6.33 Å². The molecule has 0 saturated heterocycles. The van der Waals surface area contributed by atoms with Crippen molar-refractivity contribution < 1.29 is 27.1 Å². The van der Waals surface area contributed by atoms with Gasteiger partial charge in [0.2, 0.25) is 5.91 Å². The van der Waals surface area contributed by atoms with E-state index < -0.39 is 23.5 Å². The fraction of sp³-hybridized carbons (Fsp3) is 0.438. The maximum atomic E-state index is 13.1. The van der Waals surface area contributed by atoms with Gasteiger partial charge in [-0.1, -0.05) is 17.8 Å². The summed E-state index contributed by atoms with van der Waals surface area (Å²) in [4.78, 5) is 11.9. The average molecular weight is 406 g/mol. The highest BCUT2D eigenvalue weighted by atomic mass is 32.2. The molecule has 0 radical (unpaired) electrons. The quantitative estimate of drug-likeness (QED) is 0.394. The largest absolute Gasteiger partial charge is 0.416 e. The Labute approximate surface area is 157 Å². The molecule has 27 heavy (non-hydrogen) atoms. The van der Waals surface area contributed by atoms with Gasteiger partial charge in [0.1, 0.15) is 12.1 Å². The summed E-state index contributed by atoms with van der Waals surface area (Å²) in [5.41, 5.74) is -1.31. The Kier molecular flexibility index (Phi) is 7.60. The standard InChI is InChI=1S/C16H18F4N4O2S/c1-26-6-2-5-24-10-22-23-15(24)27-9-14(25)21-8-11-3-4-12(17)7-13(11)16(18,19)20/h3-4,7,10H,2,5-6,8-9H2,1H3,(H,21,25). The summed E-state index contributed by atoms with van der Waals surface area (Å²) < 4.78 is 58.7. The van der Waals surface area contributed by atoms with E-state index in [4.69, 9.17) is 4.74 Å². The van der Waals surface area contributed by atoms with Crippen LogP contribution >= 0.6 is 11.8 Å². The van der Waals surface area contributed by atoms with E-state index in [-0.39, 0.29) is 17.9 Å². The number of hydrogen-bond donors (Lipinski definition) is 1. The van der Waals surface area contributed by atoms with Crippen molar-refractivity contribution in [2.75, 3.05) is 19.5 Å². The molecule has 0 atom stereocenters. The number of thioether (sulfide) groups is 1. The number of alkyl halides is 3. The van der Waals surface area contributed by atoms with Crippen LogP contribution in [0.2, 0.25) is 0 Å². The Bertz CT molecular complexity index is 767. The molecule has 0 unspecified atom stereocenters. The van der Waals surface area contributed by atoms with Crippen LogP contribution in [0.25, 0.3) is 0 Å². The number of nitrogens with one attached hydrogen (secondary N) is 1. The minimum absolute atomic E-state index is 0.0362. The van der Waals surface area contributed by atoms with Gasteiger partial charge >= 0.3 is 6.18 Å². The molecule has 1 N–H and O–H groups in total. The zero-order valence-electron chi connectivity index (χ0n) is 14.4. The van der Waals surface area contributed by atoms with Crippen molar-refractivity contribution >= 4 is 17.7 Å². The molecule has 1 amide bonds. The van der Waals surface area contributed by atoms with Crippen LogP contribution in [-0.4, -0.2) is 40.1 Å². The smallest absolute Gasteiger partial charge is 0.385 e. The minimum Gasteiger partial charge on any atom is -0.385 e. The van der Waals surface area contributed by atoms with Crippen LogP contribution in [0, 0.1) is 5.82 Å². The first-order valence-electron chi connectivity index (χ1n) is 7.93. The second-order valence-electron chi connectivity index (χ2n) is 5.52. The highest BCUT2D eigenvalue weighted by molar-refractivity contribution is 7.99. The molecule has 0 aliphatic carbocycles. The van der Waals surface area contributed by atoms with Gasteiger partial charge in [-0.15, -0.1) is 10.2 Å². The third kappa shape index (κ3) is 6.51. The molecule has 0 saturated carbocycles. The molecule has 11 heteroatoms. The van der Waals surface area contributed by atoms with Gasteiger partial charge in [-0.05, 0) is 24.1 Å². The number of hydrogen-bond acceptors (Lipinski definition) is 5. The number of nitrogens with zero attached hydrogens (tertiary/aromatic N) is 3. The fourth-order valence-corrected chi connectivity index (χ4v) is 3.00. The number of methoxy groups -OCH3 is 1. The van der Waals surface area contributed by atoms with Crippen LogP contribution in [0.1, 0.15) is 17.5 Å². The summed E-state index contributed by atoms with van der Waals surface area (Å²) in [6, 6.07) is 2.35. The first kappa shape index (κ1) is 21.2. The molecular formula is C16H18F4N4O2S. The second-order valence-corrected chi connectivity index (χ2v) is 6.46. The fourth-order valence-electron chi connectivity index (χ4n) is 2.23. The van der Waals surface area contributed by atoms with Crippen molar-refractivity contribution in [2.45, 2.75) is 30.8 Å². The topological polar surface area (TPSA) is 69.0 Å². The summed E-state index contributed by atoms with van der Waals surface area (Å²) in [7, 11) is 1.59. The number of carbonyl (C=O) groups excluding carboxylic acids is 1. The molecule has 0 aliphatic heterocycles. The van der Waals surface area contributed by atoms with Crippen LogP contribution in [-0.2, 0) is 28.8 Å². The van der Waals surface area contributed by atoms with Crippen molar-refractivity contribution in [3.05, 3.63) is 41.5 Å². The van der Waals surface area contributed by atoms with Gasteiger partial charge in [-0.3, -0.25) is 4.79 Å². The van der Waals surface area contributed by atoms with Gasteiger partial charge in [0.25, 0.3) is 0 Å². The van der Waals surface area contributed by atoms with Gasteiger partial charge in [-0.25, -0.2) is 4.39 Å². The number of aryl methyl sites for hydroxylation is 1. The lowest BCUT2D eigenvalue weighted by atomic mass is 10.1. The average Bonchev–Trinajstić information content (AvgIpc) is 3.05. The van der Waals surface area contributed by atoms with Crippen molar-refractivity contribution in [1.29, 1.82) is 0 Å². The Morgan fingerprint density at radius 1 is 1.37 bits per heavy atom. The highest BCUT2D eigenvalue weighted by Crippen LogP contribution is 2.32. The zero-order valence-corrected chi connectivity index (χ0v) is 15.2. The molecule has 0 fully saturated rings. The SMILES string of the molecule is COCCCn1cnnc1SCC(=O)NCc1ccc(F)cc1C(F)(F)F. The summed E-state index contributed by atoms with van der Waals surface area (Å²) in [5, 5.41) is 10.6. The number of carbonyl (C=O) groups is 1. The summed E-state index contributed by atoms with van der Waals surface area (Å²) in [6.07, 6.45) is -2.42. The van der Waals surface area contributed by atoms with Gasteiger partial charge < -0.3 is 14.6 Å². The first-order valence-corrected chi connectivity index (χ1v) is 8.91. The lowest BCUT2D eigenvalue weighted by Crippen LogP contribution is -2.26. The van der Waals surface area contributed by atoms with E-state index in [9.17, 15) is 22.4 Å². The molecule has 148 valence electrons. The number of ether oxygens (including phenoxy) is 1. The highest BCUT2D eigenvalue weighted by Gasteiger charge is 2.33. The van der Waals surface area contributed by atoms with E-state index in [0.717, 1.165) is 30.3 Å². The monoisotopic (exact) mass is 406 g/mol. The Morgan fingerprint density at radius 2 is 2.15 bits per heavy atom. The van der Waals surface area contributed by atoms with Gasteiger partial charge in [0.15, 0.2) is 5.16 Å².